The molecule has 1 aromatic carbocycles. The molecule has 2 amide bonds. The third-order valence-electron chi connectivity index (χ3n) is 7.81. The number of nitrogens with one attached hydrogen (secondary N) is 2. The Morgan fingerprint density at radius 3 is 2.30 bits per heavy atom. The molecule has 0 aromatic heterocycles. The van der Waals surface area contributed by atoms with Gasteiger partial charge in [0, 0.05) is 37.8 Å². The molecule has 7 heteroatoms. The van der Waals surface area contributed by atoms with Gasteiger partial charge in [-0.25, -0.2) is 4.79 Å². The summed E-state index contributed by atoms with van der Waals surface area (Å²) in [6.07, 6.45) is 7.74. The number of amides is 2. The summed E-state index contributed by atoms with van der Waals surface area (Å²) in [5, 5.41) is 6.76. The molecule has 0 radical (unpaired) electrons. The van der Waals surface area contributed by atoms with Gasteiger partial charge in [0.15, 0.2) is 0 Å². The van der Waals surface area contributed by atoms with Gasteiger partial charge in [0.05, 0.1) is 13.0 Å². The zero-order chi connectivity index (χ0) is 23.0. The summed E-state index contributed by atoms with van der Waals surface area (Å²) in [5.41, 5.74) is 1.17. The number of carbonyl (C=O) groups is 2. The summed E-state index contributed by atoms with van der Waals surface area (Å²) in [4.78, 5) is 30.0. The first-order valence-electron chi connectivity index (χ1n) is 12.8. The molecule has 33 heavy (non-hydrogen) atoms. The van der Waals surface area contributed by atoms with Crippen molar-refractivity contribution in [1.82, 2.24) is 20.4 Å². The summed E-state index contributed by atoms with van der Waals surface area (Å²) in [6, 6.07) is 11.4. The molecule has 0 atom stereocenters. The number of esters is 1. The molecule has 3 aliphatic rings. The predicted octanol–water partition coefficient (Wildman–Crippen LogP) is 3.15. The lowest BCUT2D eigenvalue weighted by Gasteiger charge is -2.43. The highest BCUT2D eigenvalue weighted by Crippen LogP contribution is 2.27. The van der Waals surface area contributed by atoms with E-state index < -0.39 is 0 Å². The maximum atomic E-state index is 13.5. The summed E-state index contributed by atoms with van der Waals surface area (Å²) in [7, 11) is 1.45. The fraction of sp³-hybridized carbons (Fsp3) is 0.692. The van der Waals surface area contributed by atoms with E-state index in [1.54, 1.807) is 0 Å². The van der Waals surface area contributed by atoms with E-state index in [4.69, 9.17) is 4.74 Å². The topological polar surface area (TPSA) is 73.9 Å². The van der Waals surface area contributed by atoms with Gasteiger partial charge in [0.1, 0.15) is 0 Å². The van der Waals surface area contributed by atoms with Crippen LogP contribution in [-0.2, 0) is 16.1 Å². The molecule has 0 spiro atoms. The van der Waals surface area contributed by atoms with Crippen molar-refractivity contribution < 1.29 is 14.3 Å². The fourth-order valence-corrected chi connectivity index (χ4v) is 5.78. The van der Waals surface area contributed by atoms with Gasteiger partial charge in [-0.05, 0) is 70.0 Å². The number of ether oxygens (including phenoxy) is 1. The minimum atomic E-state index is -0.119. The van der Waals surface area contributed by atoms with Crippen molar-refractivity contribution in [3.05, 3.63) is 35.9 Å². The third-order valence-corrected chi connectivity index (χ3v) is 7.81. The van der Waals surface area contributed by atoms with Crippen LogP contribution >= 0.6 is 0 Å². The van der Waals surface area contributed by atoms with E-state index in [0.717, 1.165) is 64.7 Å². The van der Waals surface area contributed by atoms with Crippen molar-refractivity contribution in [3.8, 4) is 0 Å². The maximum absolute atomic E-state index is 13.5. The normalized spacial score (nSPS) is 25.4. The second-order valence-electron chi connectivity index (χ2n) is 9.88. The molecule has 4 rings (SSSR count). The first-order chi connectivity index (χ1) is 16.1. The standard InChI is InChI=1S/C26H40N4O3/c1-33-25(31)21-7-9-22(10-8-21)28-26(32)30(19-20-5-3-2-4-6-20)24-13-17-29(18-14-24)23-11-15-27-16-12-23/h2-6,21-24,27H,7-19H2,1H3,(H,28,32). The smallest absolute Gasteiger partial charge is 0.318 e. The Bertz CT molecular complexity index is 752. The molecule has 182 valence electrons. The van der Waals surface area contributed by atoms with Crippen LogP contribution < -0.4 is 10.6 Å². The average molecular weight is 457 g/mol. The average Bonchev–Trinajstić information content (AvgIpc) is 2.88. The molecule has 2 heterocycles. The first-order valence-corrected chi connectivity index (χ1v) is 12.8. The molecular formula is C26H40N4O3. The Morgan fingerprint density at radius 2 is 1.67 bits per heavy atom. The summed E-state index contributed by atoms with van der Waals surface area (Å²) in [5.74, 6) is -0.145. The molecule has 1 saturated carbocycles. The zero-order valence-electron chi connectivity index (χ0n) is 20.0. The minimum Gasteiger partial charge on any atom is -0.469 e. The number of carbonyl (C=O) groups excluding carboxylic acids is 2. The third kappa shape index (κ3) is 6.48. The van der Waals surface area contributed by atoms with Gasteiger partial charge < -0.3 is 25.2 Å². The van der Waals surface area contributed by atoms with Crippen LogP contribution in [0.4, 0.5) is 4.79 Å². The van der Waals surface area contributed by atoms with Crippen LogP contribution in [0.5, 0.6) is 0 Å². The van der Waals surface area contributed by atoms with Crippen LogP contribution in [0.25, 0.3) is 0 Å². The largest absolute Gasteiger partial charge is 0.469 e. The Morgan fingerprint density at radius 1 is 1.00 bits per heavy atom. The van der Waals surface area contributed by atoms with Gasteiger partial charge >= 0.3 is 12.0 Å². The maximum Gasteiger partial charge on any atom is 0.318 e. The minimum absolute atomic E-state index is 0.0251. The monoisotopic (exact) mass is 456 g/mol. The number of hydrogen-bond acceptors (Lipinski definition) is 5. The van der Waals surface area contributed by atoms with E-state index in [0.29, 0.717) is 12.6 Å². The van der Waals surface area contributed by atoms with E-state index in [1.165, 1.54) is 25.5 Å². The Kier molecular flexibility index (Phi) is 8.62. The number of nitrogens with zero attached hydrogens (tertiary/aromatic N) is 2. The van der Waals surface area contributed by atoms with Gasteiger partial charge in [-0.15, -0.1) is 0 Å². The van der Waals surface area contributed by atoms with E-state index in [2.05, 4.69) is 32.6 Å². The van der Waals surface area contributed by atoms with Crippen LogP contribution in [0.2, 0.25) is 0 Å². The number of methoxy groups -OCH3 is 1. The SMILES string of the molecule is COC(=O)C1CCC(NC(=O)N(Cc2ccccc2)C2CCN(C3CCNCC3)CC2)CC1. The Balaban J connectivity index is 1.35. The van der Waals surface area contributed by atoms with Gasteiger partial charge in [0.25, 0.3) is 0 Å². The number of benzene rings is 1. The lowest BCUT2D eigenvalue weighted by Crippen LogP contribution is -2.54. The van der Waals surface area contributed by atoms with Crippen LogP contribution in [0.1, 0.15) is 56.9 Å². The van der Waals surface area contributed by atoms with Crippen molar-refractivity contribution in [2.75, 3.05) is 33.3 Å². The number of urea groups is 1. The van der Waals surface area contributed by atoms with Crippen molar-refractivity contribution >= 4 is 12.0 Å². The number of rotatable bonds is 6. The second-order valence-corrected chi connectivity index (χ2v) is 9.88. The predicted molar refractivity (Wildman–Crippen MR) is 129 cm³/mol. The molecule has 3 fully saturated rings. The molecule has 1 aliphatic carbocycles. The molecule has 1 aromatic rings. The number of piperidine rings is 2. The molecule has 0 unspecified atom stereocenters. The quantitative estimate of drug-likeness (QED) is 0.644. The van der Waals surface area contributed by atoms with E-state index in [9.17, 15) is 9.59 Å². The van der Waals surface area contributed by atoms with Crippen LogP contribution in [0, 0.1) is 5.92 Å². The van der Waals surface area contributed by atoms with E-state index in [1.807, 2.05) is 18.2 Å². The first kappa shape index (κ1) is 24.0. The molecule has 0 bridgehead atoms. The Hall–Kier alpha value is -2.12. The summed E-state index contributed by atoms with van der Waals surface area (Å²) < 4.78 is 4.90. The number of hydrogen-bond donors (Lipinski definition) is 2. The highest BCUT2D eigenvalue weighted by Gasteiger charge is 2.33. The highest BCUT2D eigenvalue weighted by atomic mass is 16.5. The van der Waals surface area contributed by atoms with Gasteiger partial charge in [-0.1, -0.05) is 30.3 Å². The van der Waals surface area contributed by atoms with Crippen LogP contribution in [-0.4, -0.2) is 73.2 Å². The van der Waals surface area contributed by atoms with Gasteiger partial charge in [-0.3, -0.25) is 4.79 Å². The van der Waals surface area contributed by atoms with Crippen molar-refractivity contribution in [1.29, 1.82) is 0 Å². The molecule has 2 aliphatic heterocycles. The van der Waals surface area contributed by atoms with Gasteiger partial charge in [0.2, 0.25) is 0 Å². The fourth-order valence-electron chi connectivity index (χ4n) is 5.78. The molecule has 2 saturated heterocycles. The molecular weight excluding hydrogens is 416 g/mol. The lowest BCUT2D eigenvalue weighted by molar-refractivity contribution is -0.146. The van der Waals surface area contributed by atoms with Crippen molar-refractivity contribution in [2.24, 2.45) is 5.92 Å². The van der Waals surface area contributed by atoms with E-state index in [-0.39, 0.29) is 30.0 Å². The Labute approximate surface area is 198 Å². The van der Waals surface area contributed by atoms with Crippen LogP contribution in [0.15, 0.2) is 30.3 Å². The van der Waals surface area contributed by atoms with Crippen molar-refractivity contribution in [2.45, 2.75) is 76.0 Å². The zero-order valence-corrected chi connectivity index (χ0v) is 20.0. The summed E-state index contributed by atoms with van der Waals surface area (Å²) in [6.45, 7) is 5.01. The van der Waals surface area contributed by atoms with Gasteiger partial charge in [-0.2, -0.15) is 0 Å². The summed E-state index contributed by atoms with van der Waals surface area (Å²) >= 11 is 0. The highest BCUT2D eigenvalue weighted by molar-refractivity contribution is 5.75. The van der Waals surface area contributed by atoms with Crippen LogP contribution in [0.3, 0.4) is 0 Å². The van der Waals surface area contributed by atoms with Crippen molar-refractivity contribution in [3.63, 3.8) is 0 Å². The molecule has 2 N–H and O–H groups in total. The second kappa shape index (κ2) is 11.8. The number of likely N-dealkylation sites (tertiary alicyclic amines) is 1. The van der Waals surface area contributed by atoms with E-state index >= 15 is 0 Å². The lowest BCUT2D eigenvalue weighted by atomic mass is 9.86. The molecule has 7 nitrogen and oxygen atoms in total.